The molecule has 0 spiro atoms. The van der Waals surface area contributed by atoms with Gasteiger partial charge in [0.1, 0.15) is 0 Å². The topological polar surface area (TPSA) is 42.0 Å². The molecule has 54 valence electrons. The molecule has 0 saturated heterocycles. The van der Waals surface area contributed by atoms with Crippen LogP contribution in [0.15, 0.2) is 0 Å². The summed E-state index contributed by atoms with van der Waals surface area (Å²) >= 11 is 1.49. The molecule has 10 heavy (non-hydrogen) atoms. The van der Waals surface area contributed by atoms with Crippen LogP contribution in [0, 0.1) is 13.8 Å². The van der Waals surface area contributed by atoms with Gasteiger partial charge in [0.05, 0.1) is 5.69 Å². The van der Waals surface area contributed by atoms with Crippen LogP contribution >= 0.6 is 11.3 Å². The number of aromatic nitrogens is 1. The molecule has 0 radical (unpaired) electrons. The minimum atomic E-state index is 0.637. The van der Waals surface area contributed by atoms with Gasteiger partial charge in [-0.25, -0.2) is 4.98 Å². The Hall–Kier alpha value is -0.900. The molecule has 3 nitrogen and oxygen atoms in total. The number of carbonyl (C=O) groups excluding carboxylic acids is 1. The number of rotatable bonds is 2. The van der Waals surface area contributed by atoms with E-state index in [1.165, 1.54) is 11.3 Å². The molecule has 0 fully saturated rings. The van der Waals surface area contributed by atoms with E-state index >= 15 is 0 Å². The quantitative estimate of drug-likeness (QED) is 0.656. The molecular formula is C6H8N2OS. The summed E-state index contributed by atoms with van der Waals surface area (Å²) in [6, 6.07) is 0. The van der Waals surface area contributed by atoms with Gasteiger partial charge in [0.25, 0.3) is 0 Å². The van der Waals surface area contributed by atoms with E-state index in [2.05, 4.69) is 10.3 Å². The number of amides is 1. The molecule has 1 rings (SSSR count). The van der Waals surface area contributed by atoms with E-state index in [-0.39, 0.29) is 0 Å². The van der Waals surface area contributed by atoms with Crippen molar-refractivity contribution in [2.45, 2.75) is 13.8 Å². The summed E-state index contributed by atoms with van der Waals surface area (Å²) in [4.78, 5) is 15.2. The highest BCUT2D eigenvalue weighted by Gasteiger charge is 2.00. The van der Waals surface area contributed by atoms with Crippen molar-refractivity contribution < 1.29 is 4.79 Å². The second kappa shape index (κ2) is 2.79. The fraction of sp³-hybridized carbons (Fsp3) is 0.333. The number of aryl methyl sites for hydroxylation is 2. The fourth-order valence-corrected chi connectivity index (χ4v) is 1.36. The number of nitrogens with one attached hydrogen (secondary N) is 1. The van der Waals surface area contributed by atoms with Crippen LogP contribution in [0.5, 0.6) is 0 Å². The van der Waals surface area contributed by atoms with Gasteiger partial charge in [0, 0.05) is 4.88 Å². The molecule has 0 aliphatic carbocycles. The number of thiazole rings is 1. The first-order valence-corrected chi connectivity index (χ1v) is 3.70. The van der Waals surface area contributed by atoms with Crippen LogP contribution in [0.2, 0.25) is 0 Å². The molecule has 0 aliphatic rings. The van der Waals surface area contributed by atoms with Crippen molar-refractivity contribution in [3.05, 3.63) is 10.6 Å². The number of hydrogen-bond donors (Lipinski definition) is 1. The van der Waals surface area contributed by atoms with Crippen LogP contribution in [-0.2, 0) is 4.79 Å². The second-order valence-corrected chi connectivity index (χ2v) is 3.13. The molecule has 1 heterocycles. The van der Waals surface area contributed by atoms with Gasteiger partial charge in [-0.3, -0.25) is 4.79 Å². The summed E-state index contributed by atoms with van der Waals surface area (Å²) in [6.07, 6.45) is 0.637. The van der Waals surface area contributed by atoms with Crippen molar-refractivity contribution in [1.29, 1.82) is 0 Å². The molecule has 1 N–H and O–H groups in total. The van der Waals surface area contributed by atoms with Gasteiger partial charge in [-0.2, -0.15) is 0 Å². The summed E-state index contributed by atoms with van der Waals surface area (Å²) in [6.45, 7) is 3.89. The third-order valence-corrected chi connectivity index (χ3v) is 2.22. The Morgan fingerprint density at radius 3 is 2.70 bits per heavy atom. The fourth-order valence-electron chi connectivity index (χ4n) is 0.585. The molecule has 1 aromatic heterocycles. The Labute approximate surface area is 63.1 Å². The summed E-state index contributed by atoms with van der Waals surface area (Å²) in [5.41, 5.74) is 0.981. The third kappa shape index (κ3) is 1.33. The van der Waals surface area contributed by atoms with E-state index in [9.17, 15) is 4.79 Å². The van der Waals surface area contributed by atoms with Gasteiger partial charge in [-0.15, -0.1) is 11.3 Å². The second-order valence-electron chi connectivity index (χ2n) is 1.92. The Balaban J connectivity index is 2.86. The lowest BCUT2D eigenvalue weighted by Gasteiger charge is -1.84. The van der Waals surface area contributed by atoms with Crippen molar-refractivity contribution in [3.63, 3.8) is 0 Å². The highest BCUT2D eigenvalue weighted by atomic mass is 32.1. The predicted octanol–water partition coefficient (Wildman–Crippen LogP) is 1.33. The molecule has 4 heteroatoms. The van der Waals surface area contributed by atoms with E-state index in [1.807, 2.05) is 13.8 Å². The van der Waals surface area contributed by atoms with Gasteiger partial charge in [-0.05, 0) is 13.8 Å². The molecule has 1 amide bonds. The predicted molar refractivity (Wildman–Crippen MR) is 41.3 cm³/mol. The number of hydrogen-bond acceptors (Lipinski definition) is 3. The highest BCUT2D eigenvalue weighted by molar-refractivity contribution is 7.15. The average molecular weight is 156 g/mol. The average Bonchev–Trinajstić information content (AvgIpc) is 2.14. The van der Waals surface area contributed by atoms with E-state index < -0.39 is 0 Å². The van der Waals surface area contributed by atoms with Crippen molar-refractivity contribution in [2.75, 3.05) is 5.32 Å². The zero-order chi connectivity index (χ0) is 7.56. The van der Waals surface area contributed by atoms with E-state index in [1.54, 1.807) is 0 Å². The maximum Gasteiger partial charge on any atom is 0.213 e. The molecule has 0 atom stereocenters. The van der Waals surface area contributed by atoms with Crippen LogP contribution in [0.25, 0.3) is 0 Å². The SMILES string of the molecule is Cc1nc(NC=O)sc1C. The van der Waals surface area contributed by atoms with Gasteiger partial charge in [0.2, 0.25) is 6.41 Å². The smallest absolute Gasteiger partial charge is 0.213 e. The normalized spacial score (nSPS) is 9.40. The van der Waals surface area contributed by atoms with Crippen molar-refractivity contribution in [1.82, 2.24) is 4.98 Å². The van der Waals surface area contributed by atoms with Crippen LogP contribution in [0.4, 0.5) is 5.13 Å². The van der Waals surface area contributed by atoms with Crippen LogP contribution < -0.4 is 5.32 Å². The first kappa shape index (κ1) is 7.21. The molecule has 1 aromatic rings. The van der Waals surface area contributed by atoms with Gasteiger partial charge in [-0.1, -0.05) is 0 Å². The highest BCUT2D eigenvalue weighted by Crippen LogP contribution is 2.19. The number of carbonyl (C=O) groups is 1. The lowest BCUT2D eigenvalue weighted by molar-refractivity contribution is -0.105. The summed E-state index contributed by atoms with van der Waals surface area (Å²) < 4.78 is 0. The number of nitrogens with zero attached hydrogens (tertiary/aromatic N) is 1. The monoisotopic (exact) mass is 156 g/mol. The Kier molecular flexibility index (Phi) is 2.01. The lowest BCUT2D eigenvalue weighted by atomic mass is 10.4. The summed E-state index contributed by atoms with van der Waals surface area (Å²) in [5.74, 6) is 0. The zero-order valence-electron chi connectivity index (χ0n) is 5.84. The molecule has 0 aliphatic heterocycles. The Morgan fingerprint density at radius 2 is 2.30 bits per heavy atom. The first-order valence-electron chi connectivity index (χ1n) is 2.88. The van der Waals surface area contributed by atoms with Crippen molar-refractivity contribution >= 4 is 22.9 Å². The molecule has 0 saturated carbocycles. The van der Waals surface area contributed by atoms with Crippen molar-refractivity contribution in [2.24, 2.45) is 0 Å². The molecule has 0 aromatic carbocycles. The zero-order valence-corrected chi connectivity index (χ0v) is 6.66. The maximum atomic E-state index is 9.95. The van der Waals surface area contributed by atoms with Crippen LogP contribution in [-0.4, -0.2) is 11.4 Å². The van der Waals surface area contributed by atoms with Crippen molar-refractivity contribution in [3.8, 4) is 0 Å². The standard InChI is InChI=1S/C6H8N2OS/c1-4-5(2)10-6(8-4)7-3-9/h3H,1-2H3,(H,7,8,9). The molecule has 0 bridgehead atoms. The van der Waals surface area contributed by atoms with E-state index in [0.717, 1.165) is 10.6 Å². The lowest BCUT2D eigenvalue weighted by Crippen LogP contribution is -1.91. The van der Waals surface area contributed by atoms with Gasteiger partial charge >= 0.3 is 0 Å². The summed E-state index contributed by atoms with van der Waals surface area (Å²) in [7, 11) is 0. The van der Waals surface area contributed by atoms with Crippen LogP contribution in [0.1, 0.15) is 10.6 Å². The molecule has 0 unspecified atom stereocenters. The van der Waals surface area contributed by atoms with E-state index in [4.69, 9.17) is 0 Å². The molecular weight excluding hydrogens is 148 g/mol. The van der Waals surface area contributed by atoms with Gasteiger partial charge in [0.15, 0.2) is 5.13 Å². The minimum absolute atomic E-state index is 0.637. The maximum absolute atomic E-state index is 9.95. The third-order valence-electron chi connectivity index (χ3n) is 1.21. The van der Waals surface area contributed by atoms with Crippen LogP contribution in [0.3, 0.4) is 0 Å². The summed E-state index contributed by atoms with van der Waals surface area (Å²) in [5, 5.41) is 3.17. The van der Waals surface area contributed by atoms with E-state index in [0.29, 0.717) is 11.5 Å². The minimum Gasteiger partial charge on any atom is -0.305 e. The van der Waals surface area contributed by atoms with Gasteiger partial charge < -0.3 is 5.32 Å². The first-order chi connectivity index (χ1) is 4.74. The Morgan fingerprint density at radius 1 is 1.60 bits per heavy atom. The number of anilines is 1. The Bertz CT molecular complexity index is 224. The largest absolute Gasteiger partial charge is 0.305 e.